The summed E-state index contributed by atoms with van der Waals surface area (Å²) >= 11 is 2.41. The maximum absolute atomic E-state index is 14.1. The standard InChI is InChI=1S/C34H26F3N3O6S2/c1-15-6-2-3-7-16(15)14-46-23-11-10-17(40(44)45)12-18(23)24-25-19-13-20(28(25)47-30-29(24)48-33(43)38-30)27-26(19)31(41)39(32(27)42)22-9-5-4-8-21(22)34(35,36)37/h2-12,19-20,24-28H,13-14H2,1H3,(H,38,43)/t19?,20?,24-,25?,26?,27?,28?/m1/s1. The number of hydrogen-bond donors (Lipinski definition) is 1. The lowest BCUT2D eigenvalue weighted by atomic mass is 9.68. The van der Waals surface area contributed by atoms with Crippen molar-refractivity contribution in [2.75, 3.05) is 4.90 Å². The summed E-state index contributed by atoms with van der Waals surface area (Å²) in [5.41, 5.74) is 0.704. The first kappa shape index (κ1) is 30.9. The second-order valence-corrected chi connectivity index (χ2v) is 14.9. The molecule has 2 bridgehead atoms. The number of benzene rings is 3. The molecule has 14 heteroatoms. The summed E-state index contributed by atoms with van der Waals surface area (Å²) in [5, 5.41) is 12.3. The molecule has 0 radical (unpaired) electrons. The third-order valence-electron chi connectivity index (χ3n) is 10.4. The molecule has 2 aliphatic heterocycles. The van der Waals surface area contributed by atoms with E-state index in [-0.39, 0.29) is 34.3 Å². The topological polar surface area (TPSA) is 123 Å². The number of H-pyrrole nitrogens is 1. The number of carbonyl (C=O) groups is 2. The van der Waals surface area contributed by atoms with E-state index in [0.717, 1.165) is 39.5 Å². The van der Waals surface area contributed by atoms with Crippen LogP contribution in [0.1, 0.15) is 39.5 Å². The molecule has 4 aliphatic rings. The molecule has 3 fully saturated rings. The van der Waals surface area contributed by atoms with Gasteiger partial charge in [-0.3, -0.25) is 24.5 Å². The predicted molar refractivity (Wildman–Crippen MR) is 171 cm³/mol. The van der Waals surface area contributed by atoms with Gasteiger partial charge in [-0.25, -0.2) is 4.90 Å². The highest BCUT2D eigenvalue weighted by Gasteiger charge is 2.70. The van der Waals surface area contributed by atoms with Gasteiger partial charge >= 0.3 is 11.0 Å². The lowest BCUT2D eigenvalue weighted by Gasteiger charge is -2.43. The second kappa shape index (κ2) is 11.1. The number of nitro benzene ring substituents is 1. The summed E-state index contributed by atoms with van der Waals surface area (Å²) in [6, 6.07) is 16.6. The van der Waals surface area contributed by atoms with Crippen LogP contribution < -0.4 is 14.5 Å². The van der Waals surface area contributed by atoms with Crippen molar-refractivity contribution in [3.05, 3.63) is 114 Å². The number of nitrogens with zero attached hydrogens (tertiary/aromatic N) is 2. The van der Waals surface area contributed by atoms with Crippen LogP contribution in [-0.2, 0) is 22.4 Å². The number of para-hydroxylation sites is 1. The molecule has 4 aromatic rings. The highest BCUT2D eigenvalue weighted by atomic mass is 32.2. The number of rotatable bonds is 6. The van der Waals surface area contributed by atoms with Crippen molar-refractivity contribution in [3.63, 3.8) is 0 Å². The summed E-state index contributed by atoms with van der Waals surface area (Å²) in [5.74, 6) is -4.33. The Balaban J connectivity index is 1.23. The summed E-state index contributed by atoms with van der Waals surface area (Å²) in [6.45, 7) is 2.13. The van der Waals surface area contributed by atoms with E-state index in [1.807, 2.05) is 31.2 Å². The first-order valence-corrected chi connectivity index (χ1v) is 17.0. The van der Waals surface area contributed by atoms with Gasteiger partial charge in [-0.1, -0.05) is 47.7 Å². The minimum Gasteiger partial charge on any atom is -0.489 e. The number of nitrogens with one attached hydrogen (secondary N) is 1. The van der Waals surface area contributed by atoms with Crippen molar-refractivity contribution < 1.29 is 32.4 Å². The zero-order chi connectivity index (χ0) is 33.6. The molecule has 2 saturated carbocycles. The highest BCUT2D eigenvalue weighted by molar-refractivity contribution is 8.00. The average Bonchev–Trinajstić information content (AvgIpc) is 3.79. The number of thioether (sulfide) groups is 1. The van der Waals surface area contributed by atoms with Gasteiger partial charge in [0.25, 0.3) is 5.69 Å². The van der Waals surface area contributed by atoms with Crippen molar-refractivity contribution in [1.29, 1.82) is 0 Å². The molecular weight excluding hydrogens is 668 g/mol. The van der Waals surface area contributed by atoms with Gasteiger partial charge in [0.15, 0.2) is 0 Å². The molecule has 1 saturated heterocycles. The van der Waals surface area contributed by atoms with E-state index < -0.39 is 57.8 Å². The molecule has 1 aromatic heterocycles. The van der Waals surface area contributed by atoms with Crippen molar-refractivity contribution in [3.8, 4) is 5.75 Å². The van der Waals surface area contributed by atoms with E-state index in [2.05, 4.69) is 4.98 Å². The monoisotopic (exact) mass is 693 g/mol. The fraction of sp³-hybridized carbons (Fsp3) is 0.324. The molecule has 8 rings (SSSR count). The van der Waals surface area contributed by atoms with E-state index in [1.165, 1.54) is 36.0 Å². The van der Waals surface area contributed by atoms with Gasteiger partial charge in [0.05, 0.1) is 33.0 Å². The van der Waals surface area contributed by atoms with Gasteiger partial charge in [0, 0.05) is 33.7 Å². The van der Waals surface area contributed by atoms with Gasteiger partial charge in [-0.05, 0) is 60.4 Å². The molecule has 0 spiro atoms. The van der Waals surface area contributed by atoms with Crippen LogP contribution in [0, 0.1) is 46.6 Å². The third-order valence-corrected chi connectivity index (χ3v) is 12.9. The van der Waals surface area contributed by atoms with Crippen LogP contribution in [-0.4, -0.2) is 27.0 Å². The van der Waals surface area contributed by atoms with Gasteiger partial charge in [-0.2, -0.15) is 13.2 Å². The number of anilines is 1. The Morgan fingerprint density at radius 1 is 1.00 bits per heavy atom. The SMILES string of the molecule is Cc1ccccc1COc1ccc([N+](=O)[O-])cc1[C@H]1c2sc(=O)[nH]c2SC2C3CC(C4C(=O)N(c5ccccc5C(F)(F)F)C(=O)C34)C21. The summed E-state index contributed by atoms with van der Waals surface area (Å²) in [6.07, 6.45) is -4.28. The quantitative estimate of drug-likeness (QED) is 0.132. The number of non-ortho nitro benzene ring substituents is 1. The van der Waals surface area contributed by atoms with E-state index in [0.29, 0.717) is 27.6 Å². The smallest absolute Gasteiger partial charge is 0.418 e. The van der Waals surface area contributed by atoms with Crippen LogP contribution in [0.5, 0.6) is 5.75 Å². The molecule has 3 aromatic carbocycles. The number of fused-ring (bicyclic) bond motifs is 9. The predicted octanol–water partition coefficient (Wildman–Crippen LogP) is 6.93. The lowest BCUT2D eigenvalue weighted by molar-refractivity contribution is -0.385. The molecular formula is C34H26F3N3O6S2. The Kier molecular flexibility index (Phi) is 7.11. The number of thiazole rings is 1. The first-order chi connectivity index (χ1) is 22.9. The Hall–Kier alpha value is -4.43. The van der Waals surface area contributed by atoms with E-state index in [4.69, 9.17) is 4.74 Å². The zero-order valence-corrected chi connectivity index (χ0v) is 26.7. The molecule has 9 nitrogen and oxygen atoms in total. The zero-order valence-electron chi connectivity index (χ0n) is 25.1. The number of aromatic nitrogens is 1. The van der Waals surface area contributed by atoms with Gasteiger partial charge in [0.2, 0.25) is 11.8 Å². The molecule has 246 valence electrons. The fourth-order valence-corrected chi connectivity index (χ4v) is 11.3. The van der Waals surface area contributed by atoms with Crippen LogP contribution in [0.3, 0.4) is 0 Å². The second-order valence-electron chi connectivity index (χ2n) is 12.7. The lowest BCUT2D eigenvalue weighted by Crippen LogP contribution is -2.42. The van der Waals surface area contributed by atoms with Crippen molar-refractivity contribution in [2.45, 2.75) is 42.3 Å². The number of amides is 2. The van der Waals surface area contributed by atoms with Crippen LogP contribution in [0.4, 0.5) is 24.5 Å². The average molecular weight is 694 g/mol. The number of aromatic amines is 1. The number of hydrogen-bond acceptors (Lipinski definition) is 8. The number of ether oxygens (including phenoxy) is 1. The Labute approximate surface area is 279 Å². The number of imide groups is 1. The summed E-state index contributed by atoms with van der Waals surface area (Å²) < 4.78 is 48.4. The van der Waals surface area contributed by atoms with Gasteiger partial charge in [-0.15, -0.1) is 11.8 Å². The Morgan fingerprint density at radius 2 is 1.71 bits per heavy atom. The molecule has 2 aliphatic carbocycles. The minimum absolute atomic E-state index is 0.171. The van der Waals surface area contributed by atoms with Gasteiger partial charge < -0.3 is 9.72 Å². The largest absolute Gasteiger partial charge is 0.489 e. The number of carbonyl (C=O) groups excluding carboxylic acids is 2. The number of aryl methyl sites for hydroxylation is 1. The van der Waals surface area contributed by atoms with Crippen LogP contribution in [0.15, 0.2) is 76.6 Å². The van der Waals surface area contributed by atoms with E-state index in [1.54, 1.807) is 6.07 Å². The minimum atomic E-state index is -4.78. The van der Waals surface area contributed by atoms with E-state index >= 15 is 0 Å². The van der Waals surface area contributed by atoms with Crippen LogP contribution in [0.25, 0.3) is 0 Å². The number of alkyl halides is 3. The normalized spacial score (nSPS) is 27.2. The highest BCUT2D eigenvalue weighted by Crippen LogP contribution is 2.69. The molecule has 48 heavy (non-hydrogen) atoms. The van der Waals surface area contributed by atoms with Crippen molar-refractivity contribution in [1.82, 2.24) is 4.98 Å². The maximum Gasteiger partial charge on any atom is 0.418 e. The molecule has 2 amide bonds. The van der Waals surface area contributed by atoms with Crippen LogP contribution in [0.2, 0.25) is 0 Å². The van der Waals surface area contributed by atoms with Crippen molar-refractivity contribution >= 4 is 46.3 Å². The fourth-order valence-electron chi connectivity index (χ4n) is 8.46. The molecule has 3 heterocycles. The summed E-state index contributed by atoms with van der Waals surface area (Å²) in [7, 11) is 0. The Morgan fingerprint density at radius 3 is 2.44 bits per heavy atom. The number of nitro groups is 1. The van der Waals surface area contributed by atoms with Crippen molar-refractivity contribution in [2.24, 2.45) is 29.6 Å². The molecule has 7 atom stereocenters. The van der Waals surface area contributed by atoms with E-state index in [9.17, 15) is 37.7 Å². The number of halogens is 3. The summed E-state index contributed by atoms with van der Waals surface area (Å²) in [4.78, 5) is 56.3. The first-order valence-electron chi connectivity index (χ1n) is 15.3. The third kappa shape index (κ3) is 4.63. The van der Waals surface area contributed by atoms with Crippen LogP contribution >= 0.6 is 23.1 Å². The molecule has 6 unspecified atom stereocenters. The molecule has 1 N–H and O–H groups in total. The maximum atomic E-state index is 14.1. The van der Waals surface area contributed by atoms with Gasteiger partial charge in [0.1, 0.15) is 12.4 Å². The Bertz CT molecular complexity index is 2080.